The molecule has 2 amide bonds. The molecule has 1 atom stereocenters. The van der Waals surface area contributed by atoms with Crippen molar-refractivity contribution in [2.75, 3.05) is 5.32 Å². The van der Waals surface area contributed by atoms with Crippen molar-refractivity contribution >= 4 is 23.2 Å². The van der Waals surface area contributed by atoms with Crippen LogP contribution in [0.3, 0.4) is 0 Å². The molecule has 0 saturated carbocycles. The van der Waals surface area contributed by atoms with Gasteiger partial charge in [0.25, 0.3) is 0 Å². The Balaban J connectivity index is 2.05. The van der Waals surface area contributed by atoms with Crippen molar-refractivity contribution in [3.05, 3.63) is 27.8 Å². The molecule has 2 aromatic rings. The number of nitrogens with zero attached hydrogens (tertiary/aromatic N) is 3. The average Bonchev–Trinajstić information content (AvgIpc) is 3.03. The van der Waals surface area contributed by atoms with Crippen LogP contribution in [0.25, 0.3) is 0 Å². The maximum Gasteiger partial charge on any atom is 0.434 e. The number of aromatic nitrogens is 3. The highest BCUT2D eigenvalue weighted by Gasteiger charge is 2.34. The molecule has 0 aliphatic heterocycles. The van der Waals surface area contributed by atoms with Crippen LogP contribution in [-0.4, -0.2) is 20.8 Å². The summed E-state index contributed by atoms with van der Waals surface area (Å²) in [6, 6.07) is 0.570. The predicted molar refractivity (Wildman–Crippen MR) is 80.2 cm³/mol. The molecule has 0 unspecified atom stereocenters. The van der Waals surface area contributed by atoms with Crippen LogP contribution >= 0.6 is 11.3 Å². The van der Waals surface area contributed by atoms with Crippen LogP contribution < -0.4 is 10.6 Å². The number of thiazole rings is 1. The Morgan fingerprint density at radius 3 is 2.65 bits per heavy atom. The molecule has 6 nitrogen and oxygen atoms in total. The lowest BCUT2D eigenvalue weighted by Crippen LogP contribution is -2.33. The van der Waals surface area contributed by atoms with E-state index in [1.807, 2.05) is 0 Å². The first-order valence-electron chi connectivity index (χ1n) is 6.81. The first kappa shape index (κ1) is 17.3. The van der Waals surface area contributed by atoms with Gasteiger partial charge in [0.15, 0.2) is 5.69 Å². The summed E-state index contributed by atoms with van der Waals surface area (Å²) in [6.07, 6.45) is -4.07. The maximum atomic E-state index is 12.6. The number of hydrogen-bond donors (Lipinski definition) is 2. The second-order valence-corrected chi connectivity index (χ2v) is 5.81. The Morgan fingerprint density at radius 2 is 2.17 bits per heavy atom. The Morgan fingerprint density at radius 1 is 1.48 bits per heavy atom. The molecule has 0 aliphatic carbocycles. The summed E-state index contributed by atoms with van der Waals surface area (Å²) in [5, 5.41) is 10.5. The van der Waals surface area contributed by atoms with E-state index in [1.54, 1.807) is 27.0 Å². The van der Waals surface area contributed by atoms with E-state index >= 15 is 0 Å². The van der Waals surface area contributed by atoms with Gasteiger partial charge in [-0.15, -0.1) is 11.3 Å². The molecule has 0 spiro atoms. The van der Waals surface area contributed by atoms with Gasteiger partial charge in [-0.25, -0.2) is 9.78 Å². The number of anilines is 1. The Hall–Kier alpha value is -2.10. The lowest BCUT2D eigenvalue weighted by Gasteiger charge is -2.15. The van der Waals surface area contributed by atoms with Gasteiger partial charge in [0.1, 0.15) is 10.8 Å². The summed E-state index contributed by atoms with van der Waals surface area (Å²) in [5.41, 5.74) is -0.204. The second kappa shape index (κ2) is 6.57. The van der Waals surface area contributed by atoms with E-state index in [2.05, 4.69) is 20.7 Å². The lowest BCUT2D eigenvalue weighted by molar-refractivity contribution is -0.140. The van der Waals surface area contributed by atoms with Gasteiger partial charge in [-0.05, 0) is 13.3 Å². The smallest absolute Gasteiger partial charge is 0.329 e. The number of halogens is 3. The van der Waals surface area contributed by atoms with Gasteiger partial charge in [-0.1, -0.05) is 6.92 Å². The molecule has 2 N–H and O–H groups in total. The standard InChI is InChI=1S/C13H16F3N5OS/c1-4-8(11-18-9(6-23-11)13(14,15)16)17-12(22)19-10-5-7(2)20-21(10)3/h5-6,8H,4H2,1-3H3,(H2,17,19,22)/t8-/m0/s1. The van der Waals surface area contributed by atoms with Crippen molar-refractivity contribution in [1.29, 1.82) is 0 Å². The molecular weight excluding hydrogens is 331 g/mol. The van der Waals surface area contributed by atoms with Crippen molar-refractivity contribution in [2.45, 2.75) is 32.5 Å². The summed E-state index contributed by atoms with van der Waals surface area (Å²) in [5.74, 6) is 0.491. The van der Waals surface area contributed by atoms with Crippen molar-refractivity contribution < 1.29 is 18.0 Å². The summed E-state index contributed by atoms with van der Waals surface area (Å²) in [7, 11) is 1.68. The topological polar surface area (TPSA) is 71.8 Å². The minimum absolute atomic E-state index is 0.219. The van der Waals surface area contributed by atoms with Crippen LogP contribution in [0, 0.1) is 6.92 Å². The van der Waals surface area contributed by atoms with Crippen molar-refractivity contribution in [1.82, 2.24) is 20.1 Å². The number of urea groups is 1. The van der Waals surface area contributed by atoms with Gasteiger partial charge >= 0.3 is 12.2 Å². The normalized spacial score (nSPS) is 13.0. The number of rotatable bonds is 4. The lowest BCUT2D eigenvalue weighted by atomic mass is 10.2. The first-order valence-corrected chi connectivity index (χ1v) is 7.69. The van der Waals surface area contributed by atoms with Gasteiger partial charge in [-0.2, -0.15) is 18.3 Å². The van der Waals surface area contributed by atoms with E-state index in [0.29, 0.717) is 12.2 Å². The highest BCUT2D eigenvalue weighted by Crippen LogP contribution is 2.32. The van der Waals surface area contributed by atoms with Crippen molar-refractivity contribution in [3.63, 3.8) is 0 Å². The molecule has 0 aliphatic rings. The fourth-order valence-corrected chi connectivity index (χ4v) is 2.91. The molecule has 0 radical (unpaired) electrons. The predicted octanol–water partition coefficient (Wildman–Crippen LogP) is 3.48. The van der Waals surface area contributed by atoms with E-state index in [1.165, 1.54) is 4.68 Å². The molecule has 0 aromatic carbocycles. The SMILES string of the molecule is CC[C@H](NC(=O)Nc1cc(C)nn1C)c1nc(C(F)(F)F)cs1. The first-order chi connectivity index (χ1) is 10.7. The third-order valence-electron chi connectivity index (χ3n) is 3.07. The Kier molecular flexibility index (Phi) is 4.93. The number of carbonyl (C=O) groups excluding carboxylic acids is 1. The fraction of sp³-hybridized carbons (Fsp3) is 0.462. The molecule has 126 valence electrons. The highest BCUT2D eigenvalue weighted by atomic mass is 32.1. The van der Waals surface area contributed by atoms with E-state index in [9.17, 15) is 18.0 Å². The number of nitrogens with one attached hydrogen (secondary N) is 2. The van der Waals surface area contributed by atoms with Crippen LogP contribution in [-0.2, 0) is 13.2 Å². The van der Waals surface area contributed by atoms with Crippen LogP contribution in [0.2, 0.25) is 0 Å². The average molecular weight is 347 g/mol. The molecule has 2 rings (SSSR count). The molecule has 2 aromatic heterocycles. The zero-order chi connectivity index (χ0) is 17.2. The number of amides is 2. The van der Waals surface area contributed by atoms with Crippen LogP contribution in [0.5, 0.6) is 0 Å². The van der Waals surface area contributed by atoms with Gasteiger partial charge < -0.3 is 5.32 Å². The number of hydrogen-bond acceptors (Lipinski definition) is 4. The Bertz CT molecular complexity index is 694. The largest absolute Gasteiger partial charge is 0.434 e. The minimum Gasteiger partial charge on any atom is -0.329 e. The summed E-state index contributed by atoms with van der Waals surface area (Å²) < 4.78 is 39.3. The van der Waals surface area contributed by atoms with Gasteiger partial charge in [0, 0.05) is 18.5 Å². The quantitative estimate of drug-likeness (QED) is 0.889. The zero-order valence-electron chi connectivity index (χ0n) is 12.7. The Labute approximate surface area is 134 Å². The molecule has 0 saturated heterocycles. The van der Waals surface area contributed by atoms with Crippen LogP contribution in [0.1, 0.15) is 35.8 Å². The fourth-order valence-electron chi connectivity index (χ4n) is 1.95. The molecule has 0 fully saturated rings. The van der Waals surface area contributed by atoms with E-state index in [4.69, 9.17) is 0 Å². The number of carbonyl (C=O) groups is 1. The molecular formula is C13H16F3N5OS. The highest BCUT2D eigenvalue weighted by molar-refractivity contribution is 7.09. The summed E-state index contributed by atoms with van der Waals surface area (Å²) in [6.45, 7) is 3.54. The van der Waals surface area contributed by atoms with Crippen molar-refractivity contribution in [2.24, 2.45) is 7.05 Å². The van der Waals surface area contributed by atoms with E-state index < -0.39 is 23.9 Å². The van der Waals surface area contributed by atoms with Crippen LogP contribution in [0.15, 0.2) is 11.4 Å². The zero-order valence-corrected chi connectivity index (χ0v) is 13.5. The third kappa shape index (κ3) is 4.21. The summed E-state index contributed by atoms with van der Waals surface area (Å²) >= 11 is 0.873. The van der Waals surface area contributed by atoms with E-state index in [-0.39, 0.29) is 5.01 Å². The summed E-state index contributed by atoms with van der Waals surface area (Å²) in [4.78, 5) is 15.6. The van der Waals surface area contributed by atoms with Gasteiger partial charge in [0.05, 0.1) is 11.7 Å². The van der Waals surface area contributed by atoms with Crippen molar-refractivity contribution in [3.8, 4) is 0 Å². The maximum absolute atomic E-state index is 12.6. The molecule has 2 heterocycles. The molecule has 10 heteroatoms. The van der Waals surface area contributed by atoms with Crippen LogP contribution in [0.4, 0.5) is 23.8 Å². The minimum atomic E-state index is -4.48. The third-order valence-corrected chi connectivity index (χ3v) is 4.03. The number of aryl methyl sites for hydroxylation is 2. The molecule has 0 bridgehead atoms. The number of alkyl halides is 3. The van der Waals surface area contributed by atoms with Gasteiger partial charge in [0.2, 0.25) is 0 Å². The van der Waals surface area contributed by atoms with E-state index in [0.717, 1.165) is 22.4 Å². The second-order valence-electron chi connectivity index (χ2n) is 4.92. The van der Waals surface area contributed by atoms with Gasteiger partial charge in [-0.3, -0.25) is 10.00 Å². The molecule has 23 heavy (non-hydrogen) atoms. The monoisotopic (exact) mass is 347 g/mol.